The molecule has 0 amide bonds. The van der Waals surface area contributed by atoms with Crippen LogP contribution in [-0.2, 0) is 10.0 Å². The Hall–Kier alpha value is -0.590. The highest BCUT2D eigenvalue weighted by molar-refractivity contribution is 9.10. The SMILES string of the molecule is CC1CC(C)N(C[C@@H](O)CNS(=O)(=O)c2ccccc2Br)C1.CC1CC(C)N(C[C@H](O)CN)C1. The minimum absolute atomic E-state index is 0.0151. The van der Waals surface area contributed by atoms with Gasteiger partial charge in [0.15, 0.2) is 0 Å². The lowest BCUT2D eigenvalue weighted by atomic mass is 10.1. The Labute approximate surface area is 214 Å². The quantitative estimate of drug-likeness (QED) is 0.362. The Kier molecular flexibility index (Phi) is 11.9. The third-order valence-electron chi connectivity index (χ3n) is 6.62. The fourth-order valence-electron chi connectivity index (χ4n) is 4.91. The lowest BCUT2D eigenvalue weighted by Crippen LogP contribution is -2.41. The zero-order chi connectivity index (χ0) is 25.5. The van der Waals surface area contributed by atoms with Gasteiger partial charge in [0.2, 0.25) is 10.0 Å². The summed E-state index contributed by atoms with van der Waals surface area (Å²) in [5.74, 6) is 1.39. The molecule has 196 valence electrons. The average Bonchev–Trinajstić information content (AvgIpc) is 3.25. The van der Waals surface area contributed by atoms with Gasteiger partial charge in [0.05, 0.1) is 17.1 Å². The van der Waals surface area contributed by atoms with E-state index < -0.39 is 16.1 Å². The van der Waals surface area contributed by atoms with E-state index in [1.165, 1.54) is 12.5 Å². The Morgan fingerprint density at radius 2 is 1.50 bits per heavy atom. The van der Waals surface area contributed by atoms with E-state index in [1.54, 1.807) is 18.2 Å². The highest BCUT2D eigenvalue weighted by atomic mass is 79.9. The molecule has 0 radical (unpaired) electrons. The van der Waals surface area contributed by atoms with Gasteiger partial charge in [-0.3, -0.25) is 9.80 Å². The van der Waals surface area contributed by atoms with Gasteiger partial charge in [0.25, 0.3) is 0 Å². The lowest BCUT2D eigenvalue weighted by Gasteiger charge is -2.24. The second kappa shape index (κ2) is 13.6. The van der Waals surface area contributed by atoms with Crippen molar-refractivity contribution in [2.24, 2.45) is 17.6 Å². The molecule has 1 aromatic carbocycles. The molecule has 0 bridgehead atoms. The summed E-state index contributed by atoms with van der Waals surface area (Å²) < 4.78 is 27.5. The van der Waals surface area contributed by atoms with Gasteiger partial charge in [0, 0.05) is 55.8 Å². The first-order valence-corrected chi connectivity index (χ1v) is 14.5. The number of nitrogens with one attached hydrogen (secondary N) is 1. The fraction of sp³-hybridized carbons (Fsp3) is 0.750. The van der Waals surface area contributed by atoms with Crippen molar-refractivity contribution >= 4 is 26.0 Å². The minimum Gasteiger partial charge on any atom is -0.390 e. The van der Waals surface area contributed by atoms with Crippen molar-refractivity contribution in [3.63, 3.8) is 0 Å². The van der Waals surface area contributed by atoms with Gasteiger partial charge >= 0.3 is 0 Å². The number of hydrogen-bond acceptors (Lipinski definition) is 7. The van der Waals surface area contributed by atoms with Crippen LogP contribution in [0.2, 0.25) is 0 Å². The number of rotatable bonds is 9. The van der Waals surface area contributed by atoms with Gasteiger partial charge < -0.3 is 15.9 Å². The molecule has 2 fully saturated rings. The van der Waals surface area contributed by atoms with Crippen molar-refractivity contribution < 1.29 is 18.6 Å². The summed E-state index contributed by atoms with van der Waals surface area (Å²) in [5.41, 5.74) is 5.35. The molecule has 34 heavy (non-hydrogen) atoms. The standard InChI is InChI=1S/C15H23BrN2O3S.C9H20N2O/c1-11-7-12(2)18(9-11)10-13(19)8-17-22(20,21)15-6-4-3-5-14(15)16;1-7-3-8(2)11(5-7)6-9(12)4-10/h3-6,11-13,17,19H,7-10H2,1-2H3;7-9,12H,3-6,10H2,1-2H3/t11?,12?,13-;7?,8?,9-/m01/s1. The van der Waals surface area contributed by atoms with E-state index in [9.17, 15) is 18.6 Å². The summed E-state index contributed by atoms with van der Waals surface area (Å²) >= 11 is 3.23. The molecule has 0 spiro atoms. The highest BCUT2D eigenvalue weighted by Crippen LogP contribution is 2.23. The first kappa shape index (κ1) is 29.6. The summed E-state index contributed by atoms with van der Waals surface area (Å²) in [6.45, 7) is 12.5. The molecule has 4 unspecified atom stereocenters. The summed E-state index contributed by atoms with van der Waals surface area (Å²) in [4.78, 5) is 4.72. The molecule has 2 aliphatic rings. The second-order valence-electron chi connectivity index (χ2n) is 10.1. The maximum atomic E-state index is 12.2. The zero-order valence-corrected chi connectivity index (χ0v) is 23.3. The van der Waals surface area contributed by atoms with Crippen LogP contribution in [0.1, 0.15) is 40.5 Å². The van der Waals surface area contributed by atoms with Crippen molar-refractivity contribution in [2.45, 2.75) is 69.7 Å². The second-order valence-corrected chi connectivity index (χ2v) is 12.7. The lowest BCUT2D eigenvalue weighted by molar-refractivity contribution is 0.111. The average molecular weight is 564 g/mol. The van der Waals surface area contributed by atoms with E-state index in [4.69, 9.17) is 5.73 Å². The van der Waals surface area contributed by atoms with Crippen LogP contribution < -0.4 is 10.5 Å². The monoisotopic (exact) mass is 562 g/mol. The Bertz CT molecular complexity index is 859. The molecule has 8 nitrogen and oxygen atoms in total. The summed E-state index contributed by atoms with van der Waals surface area (Å²) in [5, 5.41) is 19.5. The Morgan fingerprint density at radius 1 is 1.00 bits per heavy atom. The molecule has 6 atom stereocenters. The van der Waals surface area contributed by atoms with Crippen molar-refractivity contribution in [3.05, 3.63) is 28.7 Å². The maximum Gasteiger partial charge on any atom is 0.241 e. The molecule has 2 heterocycles. The number of β-amino-alcohol motifs (C(OH)–C–C–N with tert-alkyl or cyclic N) is 2. The Balaban J connectivity index is 0.000000287. The van der Waals surface area contributed by atoms with Crippen molar-refractivity contribution in [3.8, 4) is 0 Å². The third-order valence-corrected chi connectivity index (χ3v) is 9.06. The normalized spacial score (nSPS) is 27.9. The smallest absolute Gasteiger partial charge is 0.241 e. The van der Waals surface area contributed by atoms with Crippen LogP contribution in [0, 0.1) is 11.8 Å². The van der Waals surface area contributed by atoms with E-state index in [2.05, 4.69) is 58.1 Å². The molecule has 10 heteroatoms. The first-order valence-electron chi connectivity index (χ1n) is 12.2. The number of nitrogens with two attached hydrogens (primary N) is 1. The van der Waals surface area contributed by atoms with Crippen LogP contribution in [0.4, 0.5) is 0 Å². The van der Waals surface area contributed by atoms with Gasteiger partial charge in [-0.05, 0) is 66.6 Å². The molecule has 0 aliphatic carbocycles. The first-order chi connectivity index (χ1) is 15.9. The molecular weight excluding hydrogens is 520 g/mol. The van der Waals surface area contributed by atoms with Gasteiger partial charge in [-0.25, -0.2) is 13.1 Å². The van der Waals surface area contributed by atoms with E-state index in [0.717, 1.165) is 32.0 Å². The van der Waals surface area contributed by atoms with Crippen LogP contribution in [0.3, 0.4) is 0 Å². The van der Waals surface area contributed by atoms with Crippen LogP contribution in [0.25, 0.3) is 0 Å². The minimum atomic E-state index is -3.62. The Morgan fingerprint density at radius 3 is 1.94 bits per heavy atom. The molecule has 0 aromatic heterocycles. The number of likely N-dealkylation sites (tertiary alicyclic amines) is 2. The van der Waals surface area contributed by atoms with Gasteiger partial charge in [0.1, 0.15) is 0 Å². The molecule has 1 aromatic rings. The van der Waals surface area contributed by atoms with Gasteiger partial charge in [-0.2, -0.15) is 0 Å². The number of halogens is 1. The summed E-state index contributed by atoms with van der Waals surface area (Å²) in [7, 11) is -3.62. The molecule has 5 N–H and O–H groups in total. The molecule has 0 saturated carbocycles. The fourth-order valence-corrected chi connectivity index (χ4v) is 6.98. The number of sulfonamides is 1. The van der Waals surface area contributed by atoms with E-state index in [0.29, 0.717) is 35.6 Å². The van der Waals surface area contributed by atoms with Crippen LogP contribution in [0.15, 0.2) is 33.6 Å². The number of benzene rings is 1. The number of aliphatic hydroxyl groups excluding tert-OH is 2. The van der Waals surface area contributed by atoms with E-state index in [1.807, 2.05) is 0 Å². The number of aliphatic hydroxyl groups is 2. The van der Waals surface area contributed by atoms with Gasteiger partial charge in [-0.1, -0.05) is 26.0 Å². The molecule has 2 saturated heterocycles. The van der Waals surface area contributed by atoms with E-state index >= 15 is 0 Å². The van der Waals surface area contributed by atoms with Crippen LogP contribution >= 0.6 is 15.9 Å². The van der Waals surface area contributed by atoms with Crippen LogP contribution in [-0.4, -0.2) is 92.0 Å². The highest BCUT2D eigenvalue weighted by Gasteiger charge is 2.28. The zero-order valence-electron chi connectivity index (χ0n) is 20.9. The van der Waals surface area contributed by atoms with Crippen molar-refractivity contribution in [1.29, 1.82) is 0 Å². The largest absolute Gasteiger partial charge is 0.390 e. The predicted molar refractivity (Wildman–Crippen MR) is 140 cm³/mol. The summed E-state index contributed by atoms with van der Waals surface area (Å²) in [6, 6.07) is 7.68. The molecule has 3 rings (SSSR count). The van der Waals surface area contributed by atoms with Crippen LogP contribution in [0.5, 0.6) is 0 Å². The molecule has 2 aliphatic heterocycles. The summed E-state index contributed by atoms with van der Waals surface area (Å²) in [6.07, 6.45) is 1.30. The topological polar surface area (TPSA) is 119 Å². The predicted octanol–water partition coefficient (Wildman–Crippen LogP) is 1.85. The maximum absolute atomic E-state index is 12.2. The third kappa shape index (κ3) is 9.13. The van der Waals surface area contributed by atoms with Crippen molar-refractivity contribution in [1.82, 2.24) is 14.5 Å². The van der Waals surface area contributed by atoms with Crippen molar-refractivity contribution in [2.75, 3.05) is 39.3 Å². The molecular formula is C24H43BrN4O4S. The van der Waals surface area contributed by atoms with Gasteiger partial charge in [-0.15, -0.1) is 0 Å². The number of hydrogen-bond donors (Lipinski definition) is 4. The van der Waals surface area contributed by atoms with E-state index in [-0.39, 0.29) is 17.5 Å². The number of nitrogens with zero attached hydrogens (tertiary/aromatic N) is 2.